The summed E-state index contributed by atoms with van der Waals surface area (Å²) in [6.45, 7) is 3.90. The number of ether oxygens (including phenoxy) is 1. The van der Waals surface area contributed by atoms with Gasteiger partial charge in [0.15, 0.2) is 0 Å². The molecule has 0 aromatic carbocycles. The Morgan fingerprint density at radius 1 is 1.12 bits per heavy atom. The molecule has 2 N–H and O–H groups in total. The van der Waals surface area contributed by atoms with Crippen LogP contribution in [-0.2, 0) is 14.3 Å². The average molecular weight is 364 g/mol. The molecule has 26 heavy (non-hydrogen) atoms. The maximum absolute atomic E-state index is 12.5. The molecule has 0 saturated heterocycles. The normalized spacial score (nSPS) is 50.5. The van der Waals surface area contributed by atoms with Crippen LogP contribution in [0.2, 0.25) is 0 Å². The van der Waals surface area contributed by atoms with E-state index in [4.69, 9.17) is 9.84 Å². The quantitative estimate of drug-likeness (QED) is 0.736. The highest BCUT2D eigenvalue weighted by Gasteiger charge is 2.62. The van der Waals surface area contributed by atoms with Gasteiger partial charge in [-0.05, 0) is 74.0 Å². The van der Waals surface area contributed by atoms with Crippen LogP contribution in [0.3, 0.4) is 0 Å². The monoisotopic (exact) mass is 364 g/mol. The van der Waals surface area contributed by atoms with E-state index in [-0.39, 0.29) is 22.9 Å². The predicted molar refractivity (Wildman–Crippen MR) is 95.1 cm³/mol. The summed E-state index contributed by atoms with van der Waals surface area (Å²) in [6, 6.07) is 0. The van der Waals surface area contributed by atoms with Gasteiger partial charge < -0.3 is 14.9 Å². The van der Waals surface area contributed by atoms with Gasteiger partial charge in [-0.15, -0.1) is 0 Å². The van der Waals surface area contributed by atoms with Crippen LogP contribution in [-0.4, -0.2) is 40.8 Å². The SMILES string of the molecule is C[C@]12CC[C@H](OC(=O)CO)CC1[C@H](O)C[C@@H]1[C@@H]2CC[C@]2(C)C(=O)CC[C@@H]12. The molecule has 4 saturated carbocycles. The van der Waals surface area contributed by atoms with E-state index in [9.17, 15) is 14.7 Å². The van der Waals surface area contributed by atoms with Crippen LogP contribution in [0.25, 0.3) is 0 Å². The highest BCUT2D eigenvalue weighted by atomic mass is 16.6. The van der Waals surface area contributed by atoms with Crippen LogP contribution in [0.1, 0.15) is 65.2 Å². The molecule has 0 amide bonds. The van der Waals surface area contributed by atoms with E-state index in [0.29, 0.717) is 36.4 Å². The summed E-state index contributed by atoms with van der Waals surface area (Å²) >= 11 is 0. The molecule has 0 bridgehead atoms. The minimum atomic E-state index is -0.583. The minimum absolute atomic E-state index is 0.0530. The van der Waals surface area contributed by atoms with Gasteiger partial charge in [0.25, 0.3) is 0 Å². The smallest absolute Gasteiger partial charge is 0.332 e. The lowest BCUT2D eigenvalue weighted by atomic mass is 9.44. The van der Waals surface area contributed by atoms with Gasteiger partial charge in [-0.1, -0.05) is 13.8 Å². The molecule has 0 heterocycles. The van der Waals surface area contributed by atoms with E-state index in [1.54, 1.807) is 0 Å². The first-order valence-electron chi connectivity index (χ1n) is 10.3. The van der Waals surface area contributed by atoms with Crippen LogP contribution >= 0.6 is 0 Å². The van der Waals surface area contributed by atoms with E-state index >= 15 is 0 Å². The van der Waals surface area contributed by atoms with Crippen molar-refractivity contribution in [2.45, 2.75) is 77.4 Å². The topological polar surface area (TPSA) is 83.8 Å². The zero-order chi connectivity index (χ0) is 18.7. The molecule has 4 aliphatic carbocycles. The van der Waals surface area contributed by atoms with Gasteiger partial charge in [0.1, 0.15) is 18.5 Å². The van der Waals surface area contributed by atoms with E-state index in [1.165, 1.54) is 0 Å². The Kier molecular flexibility index (Phi) is 4.47. The third-order valence-corrected chi connectivity index (χ3v) is 8.77. The van der Waals surface area contributed by atoms with Crippen LogP contribution in [0.4, 0.5) is 0 Å². The number of Topliss-reactive ketones (excluding diaryl/α,β-unsaturated/α-hetero) is 1. The first-order chi connectivity index (χ1) is 12.3. The molecule has 4 fully saturated rings. The number of aliphatic hydroxyl groups excluding tert-OH is 2. The number of rotatable bonds is 2. The lowest BCUT2D eigenvalue weighted by molar-refractivity contribution is -0.182. The van der Waals surface area contributed by atoms with E-state index in [2.05, 4.69) is 13.8 Å². The highest BCUT2D eigenvalue weighted by molar-refractivity contribution is 5.87. The maximum atomic E-state index is 12.5. The van der Waals surface area contributed by atoms with Crippen molar-refractivity contribution >= 4 is 11.8 Å². The Morgan fingerprint density at radius 3 is 2.62 bits per heavy atom. The molecule has 8 atom stereocenters. The molecule has 0 aliphatic heterocycles. The summed E-state index contributed by atoms with van der Waals surface area (Å²) in [4.78, 5) is 23.9. The fraction of sp³-hybridized carbons (Fsp3) is 0.905. The van der Waals surface area contributed by atoms with Crippen LogP contribution in [0.15, 0.2) is 0 Å². The zero-order valence-corrected chi connectivity index (χ0v) is 15.9. The van der Waals surface area contributed by atoms with E-state index < -0.39 is 18.7 Å². The molecule has 4 aliphatic rings. The van der Waals surface area contributed by atoms with Gasteiger partial charge in [0, 0.05) is 11.8 Å². The summed E-state index contributed by atoms with van der Waals surface area (Å²) in [6.07, 6.45) is 6.37. The molecule has 0 aromatic heterocycles. The van der Waals surface area contributed by atoms with Crippen LogP contribution < -0.4 is 0 Å². The zero-order valence-electron chi connectivity index (χ0n) is 15.9. The van der Waals surface area contributed by atoms with Gasteiger partial charge in [0.2, 0.25) is 0 Å². The average Bonchev–Trinajstić information content (AvgIpc) is 2.91. The van der Waals surface area contributed by atoms with Gasteiger partial charge in [0.05, 0.1) is 6.10 Å². The number of carbonyl (C=O) groups is 2. The molecule has 0 spiro atoms. The van der Waals surface area contributed by atoms with E-state index in [0.717, 1.165) is 38.5 Å². The Labute approximate surface area is 155 Å². The second kappa shape index (κ2) is 6.30. The van der Waals surface area contributed by atoms with Gasteiger partial charge in [-0.2, -0.15) is 0 Å². The molecule has 4 rings (SSSR count). The molecular weight excluding hydrogens is 332 g/mol. The van der Waals surface area contributed by atoms with Crippen molar-refractivity contribution in [1.82, 2.24) is 0 Å². The van der Waals surface area contributed by atoms with Crippen LogP contribution in [0.5, 0.6) is 0 Å². The van der Waals surface area contributed by atoms with E-state index in [1.807, 2.05) is 0 Å². The van der Waals surface area contributed by atoms with Crippen molar-refractivity contribution in [3.8, 4) is 0 Å². The van der Waals surface area contributed by atoms with Crippen molar-refractivity contribution in [3.63, 3.8) is 0 Å². The van der Waals surface area contributed by atoms with Crippen molar-refractivity contribution < 1.29 is 24.5 Å². The minimum Gasteiger partial charge on any atom is -0.461 e. The molecule has 146 valence electrons. The fourth-order valence-electron chi connectivity index (χ4n) is 7.36. The maximum Gasteiger partial charge on any atom is 0.332 e. The third-order valence-electron chi connectivity index (χ3n) is 8.77. The standard InChI is InChI=1S/C21H32O5/c1-20-7-5-12(26-19(25)11-22)9-16(20)17(23)10-13-14-3-4-18(24)21(14,2)8-6-15(13)20/h12-17,22-23H,3-11H2,1-2H3/t12-,13-,14-,15-,16?,17+,20+,21-/m0/s1. The van der Waals surface area contributed by atoms with Gasteiger partial charge >= 0.3 is 5.97 Å². The van der Waals surface area contributed by atoms with Crippen molar-refractivity contribution in [3.05, 3.63) is 0 Å². The Bertz CT molecular complexity index is 603. The summed E-state index contributed by atoms with van der Waals surface area (Å²) in [5.74, 6) is 1.41. The molecule has 5 nitrogen and oxygen atoms in total. The lowest BCUT2D eigenvalue weighted by Gasteiger charge is -2.61. The first-order valence-corrected chi connectivity index (χ1v) is 10.3. The van der Waals surface area contributed by atoms with Crippen molar-refractivity contribution in [2.24, 2.45) is 34.5 Å². The predicted octanol–water partition coefficient (Wildman–Crippen LogP) is 2.47. The molecule has 0 aromatic rings. The molecule has 5 heteroatoms. The molecular formula is C21H32O5. The van der Waals surface area contributed by atoms with Gasteiger partial charge in [-0.25, -0.2) is 4.79 Å². The summed E-state index contributed by atoms with van der Waals surface area (Å²) in [5, 5.41) is 19.9. The Morgan fingerprint density at radius 2 is 1.88 bits per heavy atom. The third kappa shape index (κ3) is 2.57. The second-order valence-electron chi connectivity index (χ2n) is 9.75. The number of ketones is 1. The van der Waals surface area contributed by atoms with Crippen molar-refractivity contribution in [1.29, 1.82) is 0 Å². The Balaban J connectivity index is 1.56. The number of esters is 1. The number of hydrogen-bond acceptors (Lipinski definition) is 5. The number of carbonyl (C=O) groups excluding carboxylic acids is 2. The summed E-state index contributed by atoms with van der Waals surface area (Å²) < 4.78 is 5.37. The first kappa shape index (κ1) is 18.4. The fourth-order valence-corrected chi connectivity index (χ4v) is 7.36. The van der Waals surface area contributed by atoms with Crippen LogP contribution in [0, 0.1) is 34.5 Å². The summed E-state index contributed by atoms with van der Waals surface area (Å²) in [5.41, 5.74) is -0.116. The second-order valence-corrected chi connectivity index (χ2v) is 9.75. The Hall–Kier alpha value is -0.940. The number of aliphatic hydroxyl groups is 2. The summed E-state index contributed by atoms with van der Waals surface area (Å²) in [7, 11) is 0. The van der Waals surface area contributed by atoms with Gasteiger partial charge in [-0.3, -0.25) is 4.79 Å². The number of hydrogen-bond donors (Lipinski definition) is 2. The highest BCUT2D eigenvalue weighted by Crippen LogP contribution is 2.65. The van der Waals surface area contributed by atoms with Crippen molar-refractivity contribution in [2.75, 3.05) is 6.61 Å². The molecule has 1 unspecified atom stereocenters. The number of fused-ring (bicyclic) bond motifs is 5. The molecule has 0 radical (unpaired) electrons. The lowest BCUT2D eigenvalue weighted by Crippen LogP contribution is -2.58. The largest absolute Gasteiger partial charge is 0.461 e.